The second-order valence-corrected chi connectivity index (χ2v) is 3.98. The van der Waals surface area contributed by atoms with E-state index in [1.165, 1.54) is 18.2 Å². The summed E-state index contributed by atoms with van der Waals surface area (Å²) in [6.45, 7) is 1.79. The molecule has 0 fully saturated rings. The predicted molar refractivity (Wildman–Crippen MR) is 57.0 cm³/mol. The second-order valence-electron chi connectivity index (χ2n) is 3.13. The van der Waals surface area contributed by atoms with Gasteiger partial charge in [-0.2, -0.15) is 0 Å². The van der Waals surface area contributed by atoms with Crippen LogP contribution in [0, 0.1) is 12.7 Å². The smallest absolute Gasteiger partial charge is 0.189 e. The van der Waals surface area contributed by atoms with Crippen molar-refractivity contribution in [1.82, 2.24) is 4.98 Å². The number of hydrogen-bond donors (Lipinski definition) is 1. The molecule has 0 aliphatic heterocycles. The lowest BCUT2D eigenvalue weighted by Crippen LogP contribution is -2.03. The first-order valence-electron chi connectivity index (χ1n) is 4.06. The van der Waals surface area contributed by atoms with Crippen molar-refractivity contribution < 1.29 is 4.39 Å². The largest absolute Gasteiger partial charge is 0.358 e. The molecule has 72 valence electrons. The minimum atomic E-state index is -0.418. The minimum Gasteiger partial charge on any atom is -0.358 e. The highest BCUT2D eigenvalue weighted by Gasteiger charge is 2.05. The van der Waals surface area contributed by atoms with Crippen LogP contribution in [0.25, 0.3) is 10.9 Å². The molecule has 4 heteroatoms. The van der Waals surface area contributed by atoms with E-state index in [1.807, 2.05) is 0 Å². The number of H-pyrrole nitrogens is 1. The Balaban J connectivity index is 3.02. The van der Waals surface area contributed by atoms with E-state index in [4.69, 9.17) is 0 Å². The van der Waals surface area contributed by atoms with Crippen LogP contribution in [-0.2, 0) is 0 Å². The fourth-order valence-corrected chi connectivity index (χ4v) is 1.93. The van der Waals surface area contributed by atoms with Crippen molar-refractivity contribution in [2.45, 2.75) is 6.92 Å². The van der Waals surface area contributed by atoms with E-state index in [0.717, 1.165) is 5.69 Å². The summed E-state index contributed by atoms with van der Waals surface area (Å²) in [5.41, 5.74) is 1.22. The van der Waals surface area contributed by atoms with E-state index in [9.17, 15) is 9.18 Å². The number of hydrogen-bond acceptors (Lipinski definition) is 1. The molecule has 1 aromatic carbocycles. The lowest BCUT2D eigenvalue weighted by molar-refractivity contribution is 0.628. The molecule has 0 aliphatic rings. The zero-order valence-electron chi connectivity index (χ0n) is 7.40. The van der Waals surface area contributed by atoms with Crippen LogP contribution in [0.1, 0.15) is 5.69 Å². The standard InChI is InChI=1S/C10H7BrFNO/c1-5-2-9(14)7-3-6(12)4-8(11)10(7)13-5/h2-4H,1H3,(H,13,14). The van der Waals surface area contributed by atoms with Gasteiger partial charge in [0.2, 0.25) is 0 Å². The summed E-state index contributed by atoms with van der Waals surface area (Å²) in [6, 6.07) is 4.02. The summed E-state index contributed by atoms with van der Waals surface area (Å²) >= 11 is 3.21. The summed E-state index contributed by atoms with van der Waals surface area (Å²) in [7, 11) is 0. The number of nitrogens with one attached hydrogen (secondary N) is 1. The van der Waals surface area contributed by atoms with Crippen molar-refractivity contribution in [3.63, 3.8) is 0 Å². The third-order valence-electron chi connectivity index (χ3n) is 1.99. The van der Waals surface area contributed by atoms with Gasteiger partial charge in [-0.3, -0.25) is 4.79 Å². The Morgan fingerprint density at radius 3 is 2.79 bits per heavy atom. The number of fused-ring (bicyclic) bond motifs is 1. The molecule has 1 heterocycles. The van der Waals surface area contributed by atoms with E-state index >= 15 is 0 Å². The van der Waals surface area contributed by atoms with Gasteiger partial charge in [-0.1, -0.05) is 0 Å². The molecule has 0 radical (unpaired) electrons. The summed E-state index contributed by atoms with van der Waals surface area (Å²) in [5, 5.41) is 0.363. The Morgan fingerprint density at radius 1 is 1.36 bits per heavy atom. The van der Waals surface area contributed by atoms with Crippen LogP contribution in [0.15, 0.2) is 27.5 Å². The molecule has 0 unspecified atom stereocenters. The molecule has 0 bridgehead atoms. The fraction of sp³-hybridized carbons (Fsp3) is 0.100. The topological polar surface area (TPSA) is 32.9 Å². The monoisotopic (exact) mass is 255 g/mol. The fourth-order valence-electron chi connectivity index (χ4n) is 1.40. The highest BCUT2D eigenvalue weighted by atomic mass is 79.9. The van der Waals surface area contributed by atoms with Gasteiger partial charge in [0.05, 0.1) is 5.52 Å². The van der Waals surface area contributed by atoms with Gasteiger partial charge < -0.3 is 4.98 Å². The summed E-state index contributed by atoms with van der Waals surface area (Å²) < 4.78 is 13.6. The molecular formula is C10H7BrFNO. The van der Waals surface area contributed by atoms with Crippen LogP contribution in [0.5, 0.6) is 0 Å². The molecule has 0 atom stereocenters. The van der Waals surface area contributed by atoms with Gasteiger partial charge in [-0.15, -0.1) is 0 Å². The van der Waals surface area contributed by atoms with Gasteiger partial charge in [0.15, 0.2) is 5.43 Å². The third-order valence-corrected chi connectivity index (χ3v) is 2.62. The van der Waals surface area contributed by atoms with E-state index in [-0.39, 0.29) is 5.43 Å². The first-order valence-corrected chi connectivity index (χ1v) is 4.86. The van der Waals surface area contributed by atoms with Crippen LogP contribution in [-0.4, -0.2) is 4.98 Å². The Hall–Kier alpha value is -1.16. The number of rotatable bonds is 0. The number of halogens is 2. The Kier molecular flexibility index (Phi) is 2.15. The van der Waals surface area contributed by atoms with Crippen LogP contribution >= 0.6 is 15.9 Å². The lowest BCUT2D eigenvalue weighted by atomic mass is 10.2. The maximum atomic E-state index is 13.0. The van der Waals surface area contributed by atoms with Gasteiger partial charge in [0, 0.05) is 21.6 Å². The molecule has 1 aromatic heterocycles. The molecule has 0 saturated carbocycles. The van der Waals surface area contributed by atoms with Gasteiger partial charge in [0.25, 0.3) is 0 Å². The summed E-state index contributed by atoms with van der Waals surface area (Å²) in [6.07, 6.45) is 0. The highest BCUT2D eigenvalue weighted by molar-refractivity contribution is 9.10. The van der Waals surface area contributed by atoms with E-state index < -0.39 is 5.82 Å². The van der Waals surface area contributed by atoms with Crippen LogP contribution in [0.2, 0.25) is 0 Å². The lowest BCUT2D eigenvalue weighted by Gasteiger charge is -2.02. The first-order chi connectivity index (χ1) is 6.58. The van der Waals surface area contributed by atoms with Crippen molar-refractivity contribution in [2.24, 2.45) is 0 Å². The van der Waals surface area contributed by atoms with Crippen molar-refractivity contribution >= 4 is 26.8 Å². The van der Waals surface area contributed by atoms with Gasteiger partial charge >= 0.3 is 0 Å². The maximum absolute atomic E-state index is 13.0. The van der Waals surface area contributed by atoms with Gasteiger partial charge in [-0.05, 0) is 35.0 Å². The molecule has 14 heavy (non-hydrogen) atoms. The summed E-state index contributed by atoms with van der Waals surface area (Å²) in [5.74, 6) is -0.418. The molecule has 0 aliphatic carbocycles. The zero-order chi connectivity index (χ0) is 10.3. The SMILES string of the molecule is Cc1cc(=O)c2cc(F)cc(Br)c2[nH]1. The zero-order valence-corrected chi connectivity index (χ0v) is 8.98. The predicted octanol–water partition coefficient (Wildman–Crippen LogP) is 2.74. The molecule has 0 saturated heterocycles. The van der Waals surface area contributed by atoms with Crippen molar-refractivity contribution in [3.8, 4) is 0 Å². The van der Waals surface area contributed by atoms with Crippen molar-refractivity contribution in [3.05, 3.63) is 44.4 Å². The molecule has 1 N–H and O–H groups in total. The third kappa shape index (κ3) is 1.46. The van der Waals surface area contributed by atoms with Crippen molar-refractivity contribution in [1.29, 1.82) is 0 Å². The number of aryl methyl sites for hydroxylation is 1. The average Bonchev–Trinajstić information content (AvgIpc) is 2.07. The minimum absolute atomic E-state index is 0.170. The van der Waals surface area contributed by atoms with Crippen LogP contribution in [0.4, 0.5) is 4.39 Å². The number of aromatic amines is 1. The maximum Gasteiger partial charge on any atom is 0.189 e. The van der Waals surface area contributed by atoms with E-state index in [0.29, 0.717) is 15.4 Å². The van der Waals surface area contributed by atoms with E-state index in [2.05, 4.69) is 20.9 Å². The number of pyridine rings is 1. The Morgan fingerprint density at radius 2 is 2.07 bits per heavy atom. The molecule has 2 rings (SSSR count). The average molecular weight is 256 g/mol. The van der Waals surface area contributed by atoms with Gasteiger partial charge in [0.1, 0.15) is 5.82 Å². The molecule has 0 spiro atoms. The Labute approximate surface area is 87.9 Å². The quantitative estimate of drug-likeness (QED) is 0.772. The molecule has 0 amide bonds. The molecular weight excluding hydrogens is 249 g/mol. The van der Waals surface area contributed by atoms with E-state index in [1.54, 1.807) is 6.92 Å². The highest BCUT2D eigenvalue weighted by Crippen LogP contribution is 2.21. The number of benzene rings is 1. The molecule has 2 nitrogen and oxygen atoms in total. The Bertz CT molecular complexity index is 562. The second kappa shape index (κ2) is 3.20. The first kappa shape index (κ1) is 9.40. The van der Waals surface area contributed by atoms with Gasteiger partial charge in [-0.25, -0.2) is 4.39 Å². The normalized spacial score (nSPS) is 10.8. The number of aromatic nitrogens is 1. The molecule has 2 aromatic rings. The van der Waals surface area contributed by atoms with Crippen LogP contribution in [0.3, 0.4) is 0 Å². The van der Waals surface area contributed by atoms with Crippen LogP contribution < -0.4 is 5.43 Å². The van der Waals surface area contributed by atoms with Crippen molar-refractivity contribution in [2.75, 3.05) is 0 Å². The summed E-state index contributed by atoms with van der Waals surface area (Å²) in [4.78, 5) is 14.5.